The van der Waals surface area contributed by atoms with Crippen LogP contribution in [0.4, 0.5) is 5.69 Å². The third-order valence-corrected chi connectivity index (χ3v) is 6.91. The molecule has 35 heavy (non-hydrogen) atoms. The summed E-state index contributed by atoms with van der Waals surface area (Å²) in [6, 6.07) is 32.3. The third kappa shape index (κ3) is 8.19. The van der Waals surface area contributed by atoms with E-state index in [0.717, 1.165) is 17.9 Å². The Labute approximate surface area is 206 Å². The van der Waals surface area contributed by atoms with Gasteiger partial charge in [-0.15, -0.1) is 0 Å². The molecule has 0 spiro atoms. The Morgan fingerprint density at radius 1 is 0.829 bits per heavy atom. The number of hydrogen-bond acceptors (Lipinski definition) is 4. The smallest absolute Gasteiger partial charge is 0.120 e. The van der Waals surface area contributed by atoms with E-state index < -0.39 is 24.3 Å². The topological polar surface area (TPSA) is 116 Å². The number of phenolic OH excluding ortho intramolecular Hbond substituents is 1. The maximum absolute atomic E-state index is 10.9. The number of benzene rings is 4. The van der Waals surface area contributed by atoms with Crippen molar-refractivity contribution in [3.05, 3.63) is 109 Å². The molecule has 0 aromatic heterocycles. The molecule has 7 nitrogen and oxygen atoms in total. The van der Waals surface area contributed by atoms with E-state index in [1.807, 2.05) is 48.5 Å². The number of anilines is 1. The van der Waals surface area contributed by atoms with Crippen LogP contribution in [-0.4, -0.2) is 33.4 Å². The van der Waals surface area contributed by atoms with Crippen molar-refractivity contribution < 1.29 is 26.6 Å². The Bertz CT molecular complexity index is 1310. The molecule has 4 aromatic carbocycles. The van der Waals surface area contributed by atoms with Crippen molar-refractivity contribution in [3.63, 3.8) is 0 Å². The van der Waals surface area contributed by atoms with Crippen LogP contribution in [0, 0.1) is 0 Å². The Hall–Kier alpha value is -3.77. The van der Waals surface area contributed by atoms with E-state index in [0.29, 0.717) is 6.61 Å². The van der Waals surface area contributed by atoms with Gasteiger partial charge in [-0.2, -0.15) is 0 Å². The molecule has 0 saturated carbocycles. The minimum Gasteiger partial charge on any atom is -0.489 e. The summed E-state index contributed by atoms with van der Waals surface area (Å²) >= 11 is -5.09. The number of carbonyl (C=O) groups excluding carboxylic acids is 1. The zero-order chi connectivity index (χ0) is 25.3. The van der Waals surface area contributed by atoms with E-state index in [1.165, 1.54) is 29.7 Å². The fourth-order valence-electron chi connectivity index (χ4n) is 3.19. The van der Waals surface area contributed by atoms with Gasteiger partial charge in [0.05, 0.1) is 0 Å². The maximum Gasteiger partial charge on any atom is 0.120 e. The van der Waals surface area contributed by atoms with Gasteiger partial charge in [-0.05, 0) is 28.8 Å². The van der Waals surface area contributed by atoms with Crippen LogP contribution in [0.25, 0.3) is 11.1 Å². The monoisotopic (exact) mass is 535 g/mol. The normalized spacial score (nSPS) is 10.6. The second-order valence-electron chi connectivity index (χ2n) is 7.60. The molecule has 0 atom stereocenters. The predicted molar refractivity (Wildman–Crippen MR) is 136 cm³/mol. The summed E-state index contributed by atoms with van der Waals surface area (Å²) in [6.07, 6.45) is 0. The molecule has 4 rings (SSSR count). The molecular weight excluding hydrogens is 509 g/mol. The van der Waals surface area contributed by atoms with Crippen LogP contribution >= 0.6 is 0 Å². The van der Waals surface area contributed by atoms with Gasteiger partial charge in [-0.25, -0.2) is 0 Å². The van der Waals surface area contributed by atoms with Crippen LogP contribution in [0.1, 0.15) is 12.5 Å². The van der Waals surface area contributed by atoms with Crippen LogP contribution in [-0.2, 0) is 15.1 Å². The molecule has 1 amide bonds. The molecule has 4 aromatic rings. The Morgan fingerprint density at radius 2 is 1.46 bits per heavy atom. The molecule has 0 aliphatic carbocycles. The van der Waals surface area contributed by atoms with E-state index in [1.54, 1.807) is 0 Å². The summed E-state index contributed by atoms with van der Waals surface area (Å²) in [4.78, 5) is 10.7. The van der Waals surface area contributed by atoms with Gasteiger partial charge < -0.3 is 4.74 Å². The summed E-state index contributed by atoms with van der Waals surface area (Å²) in [5, 5.41) is 11.7. The largest absolute Gasteiger partial charge is 0.489 e. The van der Waals surface area contributed by atoms with E-state index in [-0.39, 0.29) is 11.6 Å². The summed E-state index contributed by atoms with van der Waals surface area (Å²) in [5.41, 5.74) is 3.85. The first-order valence-electron chi connectivity index (χ1n) is 10.7. The zero-order valence-corrected chi connectivity index (χ0v) is 20.9. The molecule has 0 aliphatic heterocycles. The van der Waals surface area contributed by atoms with Crippen molar-refractivity contribution in [1.82, 2.24) is 0 Å². The predicted octanol–water partition coefficient (Wildman–Crippen LogP) is 3.84. The molecular formula is C27H26AsNO6. The Morgan fingerprint density at radius 3 is 2.06 bits per heavy atom. The number of amides is 1. The molecule has 8 heteroatoms. The van der Waals surface area contributed by atoms with Gasteiger partial charge in [0, 0.05) is 0 Å². The zero-order valence-electron chi connectivity index (χ0n) is 19.0. The summed E-state index contributed by atoms with van der Waals surface area (Å²) < 4.78 is 34.1. The van der Waals surface area contributed by atoms with Gasteiger partial charge in [0.1, 0.15) is 12.4 Å². The molecule has 4 N–H and O–H groups in total. The second kappa shape index (κ2) is 12.1. The van der Waals surface area contributed by atoms with Crippen LogP contribution in [0.5, 0.6) is 11.5 Å². The first-order chi connectivity index (χ1) is 16.7. The number of nitrogens with one attached hydrogen (secondary N) is 1. The Kier molecular flexibility index (Phi) is 8.92. The quantitative estimate of drug-likeness (QED) is 0.279. The summed E-state index contributed by atoms with van der Waals surface area (Å²) in [7, 11) is 0. The number of rotatable bonds is 6. The van der Waals surface area contributed by atoms with Crippen molar-refractivity contribution in [1.29, 1.82) is 0 Å². The average molecular weight is 535 g/mol. The van der Waals surface area contributed by atoms with Crippen LogP contribution in [0.15, 0.2) is 103 Å². The van der Waals surface area contributed by atoms with Gasteiger partial charge >= 0.3 is 88.1 Å². The SMILES string of the molecule is CC(=O)Nc1ccc([As](=O)(O)O)c(O)c1.c1ccc(COc2cccc(-c3ccccc3)c2)cc1. The average Bonchev–Trinajstić information content (AvgIpc) is 2.83. The van der Waals surface area contributed by atoms with Gasteiger partial charge in [0.2, 0.25) is 0 Å². The molecule has 0 bridgehead atoms. The van der Waals surface area contributed by atoms with Crippen molar-refractivity contribution in [2.45, 2.75) is 13.5 Å². The first-order valence-corrected chi connectivity index (χ1v) is 14.1. The standard InChI is InChI=1S/C19H16O.C8H10AsNO5/c1-3-8-16(9-4-1)15-20-19-13-7-12-18(14-19)17-10-5-2-6-11-17;1-5(11)10-6-2-3-7(8(12)4-6)9(13,14)15/h1-14H,15H2;2-4,12H,1H3,(H,10,11)(H2,13,14,15). The second-order valence-corrected chi connectivity index (χ2v) is 10.9. The number of hydrogen-bond donors (Lipinski definition) is 4. The van der Waals surface area contributed by atoms with Crippen molar-refractivity contribution in [2.75, 3.05) is 5.32 Å². The van der Waals surface area contributed by atoms with Gasteiger partial charge in [-0.1, -0.05) is 72.8 Å². The fraction of sp³-hybridized carbons (Fsp3) is 0.0741. The van der Waals surface area contributed by atoms with E-state index in [4.69, 9.17) is 12.9 Å². The van der Waals surface area contributed by atoms with Crippen molar-refractivity contribution in [2.24, 2.45) is 0 Å². The van der Waals surface area contributed by atoms with Gasteiger partial charge in [0.25, 0.3) is 0 Å². The maximum atomic E-state index is 10.9. The summed E-state index contributed by atoms with van der Waals surface area (Å²) in [5.74, 6) is 0.0487. The molecule has 0 radical (unpaired) electrons. The number of phenols is 1. The fourth-order valence-corrected chi connectivity index (χ4v) is 4.51. The van der Waals surface area contributed by atoms with Crippen molar-refractivity contribution >= 4 is 30.1 Å². The van der Waals surface area contributed by atoms with Crippen LogP contribution in [0.3, 0.4) is 0 Å². The molecule has 0 aliphatic rings. The Balaban J connectivity index is 0.000000205. The number of carbonyl (C=O) groups is 1. The number of ether oxygens (including phenoxy) is 1. The van der Waals surface area contributed by atoms with Crippen LogP contribution in [0.2, 0.25) is 0 Å². The molecule has 0 unspecified atom stereocenters. The van der Waals surface area contributed by atoms with Gasteiger partial charge in [0.15, 0.2) is 0 Å². The third-order valence-electron chi connectivity index (χ3n) is 4.80. The van der Waals surface area contributed by atoms with Crippen molar-refractivity contribution in [3.8, 4) is 22.6 Å². The van der Waals surface area contributed by atoms with E-state index in [9.17, 15) is 13.6 Å². The first kappa shape index (κ1) is 25.8. The minimum atomic E-state index is -5.09. The van der Waals surface area contributed by atoms with Gasteiger partial charge in [-0.3, -0.25) is 0 Å². The number of aromatic hydroxyl groups is 1. The molecule has 180 valence electrons. The molecule has 0 fully saturated rings. The van der Waals surface area contributed by atoms with E-state index in [2.05, 4.69) is 41.7 Å². The van der Waals surface area contributed by atoms with Crippen LogP contribution < -0.4 is 14.4 Å². The summed E-state index contributed by atoms with van der Waals surface area (Å²) in [6.45, 7) is 1.89. The molecule has 0 heterocycles. The minimum absolute atomic E-state index is 0.285. The van der Waals surface area contributed by atoms with E-state index >= 15 is 0 Å². The molecule has 0 saturated heterocycles.